The Morgan fingerprint density at radius 2 is 1.68 bits per heavy atom. The Kier molecular flexibility index (Phi) is 4.64. The summed E-state index contributed by atoms with van der Waals surface area (Å²) in [7, 11) is 1.67. The molecule has 0 saturated carbocycles. The summed E-state index contributed by atoms with van der Waals surface area (Å²) in [6.07, 6.45) is 5.14. The van der Waals surface area contributed by atoms with E-state index in [4.69, 9.17) is 16.3 Å². The van der Waals surface area contributed by atoms with Crippen LogP contribution in [-0.2, 0) is 6.42 Å². The molecular formula is C17H17ClO. The third-order valence-electron chi connectivity index (χ3n) is 2.97. The third-order valence-corrected chi connectivity index (χ3v) is 3.19. The quantitative estimate of drug-likeness (QED) is 0.705. The molecule has 2 rings (SSSR count). The van der Waals surface area contributed by atoms with Crippen molar-refractivity contribution in [2.75, 3.05) is 7.11 Å². The molecule has 0 aliphatic heterocycles. The number of halogens is 1. The summed E-state index contributed by atoms with van der Waals surface area (Å²) in [6.45, 7) is 2.13. The number of benzene rings is 2. The molecule has 19 heavy (non-hydrogen) atoms. The van der Waals surface area contributed by atoms with E-state index in [-0.39, 0.29) is 0 Å². The summed E-state index contributed by atoms with van der Waals surface area (Å²) in [5.41, 5.74) is 3.51. The first kappa shape index (κ1) is 13.7. The standard InChI is InChI=1S/C17H17ClO/c1-3-13-10-15(12-16(18)11-13)5-4-14-6-8-17(19-2)9-7-14/h4-12H,3H2,1-2H3/b5-4+. The van der Waals surface area contributed by atoms with Gasteiger partial charge in [0.1, 0.15) is 5.75 Å². The first-order valence-electron chi connectivity index (χ1n) is 6.33. The van der Waals surface area contributed by atoms with E-state index in [9.17, 15) is 0 Å². The van der Waals surface area contributed by atoms with Crippen molar-refractivity contribution >= 4 is 23.8 Å². The maximum atomic E-state index is 6.10. The number of hydrogen-bond donors (Lipinski definition) is 0. The zero-order valence-corrected chi connectivity index (χ0v) is 11.9. The van der Waals surface area contributed by atoms with E-state index in [1.165, 1.54) is 5.56 Å². The van der Waals surface area contributed by atoms with Crippen molar-refractivity contribution < 1.29 is 4.74 Å². The second-order valence-corrected chi connectivity index (χ2v) is 4.79. The second kappa shape index (κ2) is 6.44. The normalized spacial score (nSPS) is 10.9. The molecule has 0 bridgehead atoms. The summed E-state index contributed by atoms with van der Waals surface area (Å²) in [5.74, 6) is 0.869. The van der Waals surface area contributed by atoms with E-state index in [1.807, 2.05) is 36.4 Å². The van der Waals surface area contributed by atoms with Gasteiger partial charge in [-0.05, 0) is 47.4 Å². The SMILES string of the molecule is CCc1cc(Cl)cc(/C=C/c2ccc(OC)cc2)c1. The van der Waals surface area contributed by atoms with Crippen LogP contribution >= 0.6 is 11.6 Å². The van der Waals surface area contributed by atoms with Crippen molar-refractivity contribution in [1.82, 2.24) is 0 Å². The molecule has 0 radical (unpaired) electrons. The van der Waals surface area contributed by atoms with Crippen molar-refractivity contribution in [1.29, 1.82) is 0 Å². The minimum Gasteiger partial charge on any atom is -0.497 e. The van der Waals surface area contributed by atoms with Crippen LogP contribution < -0.4 is 4.74 Å². The van der Waals surface area contributed by atoms with E-state index < -0.39 is 0 Å². The van der Waals surface area contributed by atoms with Gasteiger partial charge < -0.3 is 4.74 Å². The fraction of sp³-hybridized carbons (Fsp3) is 0.176. The zero-order valence-electron chi connectivity index (χ0n) is 11.2. The van der Waals surface area contributed by atoms with E-state index >= 15 is 0 Å². The van der Waals surface area contributed by atoms with Gasteiger partial charge in [-0.15, -0.1) is 0 Å². The van der Waals surface area contributed by atoms with Crippen LogP contribution in [0.25, 0.3) is 12.2 Å². The van der Waals surface area contributed by atoms with Crippen molar-refractivity contribution in [3.05, 3.63) is 64.2 Å². The van der Waals surface area contributed by atoms with Crippen LogP contribution in [0.1, 0.15) is 23.6 Å². The smallest absolute Gasteiger partial charge is 0.118 e. The van der Waals surface area contributed by atoms with E-state index in [2.05, 4.69) is 25.1 Å². The van der Waals surface area contributed by atoms with Gasteiger partial charge in [-0.3, -0.25) is 0 Å². The van der Waals surface area contributed by atoms with Crippen LogP contribution in [-0.4, -0.2) is 7.11 Å². The molecule has 0 aromatic heterocycles. The second-order valence-electron chi connectivity index (χ2n) is 4.35. The minimum absolute atomic E-state index is 0.786. The highest BCUT2D eigenvalue weighted by molar-refractivity contribution is 6.30. The lowest BCUT2D eigenvalue weighted by Crippen LogP contribution is -1.83. The van der Waals surface area contributed by atoms with Crippen molar-refractivity contribution in [3.8, 4) is 5.75 Å². The Balaban J connectivity index is 2.19. The Morgan fingerprint density at radius 3 is 2.32 bits per heavy atom. The molecular weight excluding hydrogens is 256 g/mol. The lowest BCUT2D eigenvalue weighted by atomic mass is 10.1. The number of aryl methyl sites for hydroxylation is 1. The highest BCUT2D eigenvalue weighted by atomic mass is 35.5. The molecule has 2 aromatic rings. The predicted octanol–water partition coefficient (Wildman–Crippen LogP) is 5.08. The van der Waals surface area contributed by atoms with Crippen LogP contribution in [0.5, 0.6) is 5.75 Å². The van der Waals surface area contributed by atoms with Crippen LogP contribution in [0.4, 0.5) is 0 Å². The Hall–Kier alpha value is -1.73. The fourth-order valence-corrected chi connectivity index (χ4v) is 2.15. The molecule has 0 unspecified atom stereocenters. The largest absolute Gasteiger partial charge is 0.497 e. The van der Waals surface area contributed by atoms with E-state index in [0.29, 0.717) is 0 Å². The van der Waals surface area contributed by atoms with Gasteiger partial charge in [-0.1, -0.05) is 48.9 Å². The number of hydrogen-bond acceptors (Lipinski definition) is 1. The maximum Gasteiger partial charge on any atom is 0.118 e. The Bertz CT molecular complexity index is 570. The van der Waals surface area contributed by atoms with Crippen molar-refractivity contribution in [3.63, 3.8) is 0 Å². The average Bonchev–Trinajstić information content (AvgIpc) is 2.45. The number of ether oxygens (including phenoxy) is 1. The molecule has 0 aliphatic rings. The monoisotopic (exact) mass is 272 g/mol. The van der Waals surface area contributed by atoms with E-state index in [0.717, 1.165) is 28.3 Å². The molecule has 2 heteroatoms. The van der Waals surface area contributed by atoms with Gasteiger partial charge in [-0.2, -0.15) is 0 Å². The van der Waals surface area contributed by atoms with Gasteiger partial charge in [-0.25, -0.2) is 0 Å². The molecule has 98 valence electrons. The summed E-state index contributed by atoms with van der Waals surface area (Å²) in [5, 5.41) is 0.786. The van der Waals surface area contributed by atoms with Gasteiger partial charge in [0.25, 0.3) is 0 Å². The van der Waals surface area contributed by atoms with Crippen molar-refractivity contribution in [2.45, 2.75) is 13.3 Å². The van der Waals surface area contributed by atoms with Crippen LogP contribution in [0.3, 0.4) is 0 Å². The first-order valence-corrected chi connectivity index (χ1v) is 6.70. The highest BCUT2D eigenvalue weighted by Crippen LogP contribution is 2.18. The molecule has 0 amide bonds. The van der Waals surface area contributed by atoms with Gasteiger partial charge >= 0.3 is 0 Å². The molecule has 2 aromatic carbocycles. The first-order chi connectivity index (χ1) is 9.21. The van der Waals surface area contributed by atoms with Gasteiger partial charge in [0.2, 0.25) is 0 Å². The minimum atomic E-state index is 0.786. The van der Waals surface area contributed by atoms with Gasteiger partial charge in [0.05, 0.1) is 7.11 Å². The molecule has 0 N–H and O–H groups in total. The van der Waals surface area contributed by atoms with Gasteiger partial charge in [0, 0.05) is 5.02 Å². The maximum absolute atomic E-state index is 6.10. The fourth-order valence-electron chi connectivity index (χ4n) is 1.88. The molecule has 0 saturated heterocycles. The Morgan fingerprint density at radius 1 is 1.00 bits per heavy atom. The highest BCUT2D eigenvalue weighted by Gasteiger charge is 1.96. The van der Waals surface area contributed by atoms with Crippen LogP contribution in [0, 0.1) is 0 Å². The molecule has 0 atom stereocenters. The van der Waals surface area contributed by atoms with Crippen LogP contribution in [0.2, 0.25) is 5.02 Å². The molecule has 1 nitrogen and oxygen atoms in total. The predicted molar refractivity (Wildman–Crippen MR) is 82.8 cm³/mol. The molecule has 0 aliphatic carbocycles. The molecule has 0 fully saturated rings. The van der Waals surface area contributed by atoms with E-state index in [1.54, 1.807) is 7.11 Å². The van der Waals surface area contributed by atoms with Gasteiger partial charge in [0.15, 0.2) is 0 Å². The summed E-state index contributed by atoms with van der Waals surface area (Å²) >= 11 is 6.10. The Labute approximate surface area is 119 Å². The zero-order chi connectivity index (χ0) is 13.7. The van der Waals surface area contributed by atoms with Crippen molar-refractivity contribution in [2.24, 2.45) is 0 Å². The topological polar surface area (TPSA) is 9.23 Å². The summed E-state index contributed by atoms with van der Waals surface area (Å²) in [4.78, 5) is 0. The number of rotatable bonds is 4. The molecule has 0 spiro atoms. The third kappa shape index (κ3) is 3.87. The van der Waals surface area contributed by atoms with Crippen LogP contribution in [0.15, 0.2) is 42.5 Å². The lowest BCUT2D eigenvalue weighted by molar-refractivity contribution is 0.415. The average molecular weight is 273 g/mol. The lowest BCUT2D eigenvalue weighted by Gasteiger charge is -2.02. The summed E-state index contributed by atoms with van der Waals surface area (Å²) in [6, 6.07) is 14.1. The molecule has 0 heterocycles. The summed E-state index contributed by atoms with van der Waals surface area (Å²) < 4.78 is 5.14. The number of methoxy groups -OCH3 is 1.